The average molecular weight is 819 g/mol. The molecule has 9 heteroatoms. The van der Waals surface area contributed by atoms with Crippen LogP contribution in [0.3, 0.4) is 0 Å². The van der Waals surface area contributed by atoms with Crippen LogP contribution in [0, 0.1) is 5.41 Å². The van der Waals surface area contributed by atoms with Crippen molar-refractivity contribution in [2.75, 3.05) is 79.3 Å². The van der Waals surface area contributed by atoms with Gasteiger partial charge in [-0.25, -0.2) is 0 Å². The monoisotopic (exact) mass is 819 g/mol. The second-order valence-corrected chi connectivity index (χ2v) is 16.9. The number of aliphatic hydroxyl groups is 3. The molecule has 3 N–H and O–H groups in total. The summed E-state index contributed by atoms with van der Waals surface area (Å²) in [5, 5.41) is 30.1. The largest absolute Gasteiger partial charge is 0.394 e. The first-order chi connectivity index (χ1) is 28.0. The zero-order valence-corrected chi connectivity index (χ0v) is 38.3. The Morgan fingerprint density at radius 2 is 0.561 bits per heavy atom. The van der Waals surface area contributed by atoms with Gasteiger partial charge in [-0.05, 0) is 25.7 Å². The van der Waals surface area contributed by atoms with E-state index in [2.05, 4.69) is 27.7 Å². The highest BCUT2D eigenvalue weighted by Crippen LogP contribution is 2.25. The number of ether oxygens (including phenoxy) is 6. The van der Waals surface area contributed by atoms with Crippen LogP contribution in [0.15, 0.2) is 0 Å². The van der Waals surface area contributed by atoms with Crippen LogP contribution in [0.1, 0.15) is 207 Å². The molecule has 0 saturated carbocycles. The number of unbranched alkanes of at least 4 members (excludes halogenated alkanes) is 24. The molecule has 0 heterocycles. The van der Waals surface area contributed by atoms with Gasteiger partial charge < -0.3 is 43.7 Å². The summed E-state index contributed by atoms with van der Waals surface area (Å²) in [4.78, 5) is 0. The predicted molar refractivity (Wildman–Crippen MR) is 237 cm³/mol. The molecular formula is C48H98O9. The van der Waals surface area contributed by atoms with Crippen LogP contribution >= 0.6 is 0 Å². The van der Waals surface area contributed by atoms with E-state index < -0.39 is 5.41 Å². The van der Waals surface area contributed by atoms with Crippen molar-refractivity contribution in [1.82, 2.24) is 0 Å². The van der Waals surface area contributed by atoms with Gasteiger partial charge in [-0.15, -0.1) is 0 Å². The van der Waals surface area contributed by atoms with Crippen molar-refractivity contribution in [3.63, 3.8) is 0 Å². The van der Waals surface area contributed by atoms with Crippen LogP contribution in [0.25, 0.3) is 0 Å². The molecule has 9 nitrogen and oxygen atoms in total. The molecule has 0 aromatic rings. The summed E-state index contributed by atoms with van der Waals surface area (Å²) in [6.45, 7) is 12.4. The Morgan fingerprint density at radius 3 is 0.772 bits per heavy atom. The predicted octanol–water partition coefficient (Wildman–Crippen LogP) is 11.2. The third kappa shape index (κ3) is 37.2. The molecule has 344 valence electrons. The second-order valence-electron chi connectivity index (χ2n) is 16.9. The van der Waals surface area contributed by atoms with Crippen molar-refractivity contribution >= 4 is 0 Å². The molecular weight excluding hydrogens is 721 g/mol. The average Bonchev–Trinajstić information content (AvgIpc) is 3.23. The van der Waals surface area contributed by atoms with Crippen LogP contribution in [0.2, 0.25) is 0 Å². The summed E-state index contributed by atoms with van der Waals surface area (Å²) in [7, 11) is 0. The highest BCUT2D eigenvalue weighted by atomic mass is 16.6. The zero-order valence-electron chi connectivity index (χ0n) is 38.3. The Hall–Kier alpha value is -0.360. The molecule has 0 fully saturated rings. The van der Waals surface area contributed by atoms with Gasteiger partial charge in [0.2, 0.25) is 0 Å². The fourth-order valence-corrected chi connectivity index (χ4v) is 7.10. The van der Waals surface area contributed by atoms with E-state index in [-0.39, 0.29) is 58.0 Å². The zero-order chi connectivity index (χ0) is 41.8. The van der Waals surface area contributed by atoms with Crippen molar-refractivity contribution < 1.29 is 43.7 Å². The third-order valence-electron chi connectivity index (χ3n) is 11.3. The van der Waals surface area contributed by atoms with Crippen LogP contribution < -0.4 is 0 Å². The molecule has 0 aliphatic rings. The summed E-state index contributed by atoms with van der Waals surface area (Å²) in [6, 6.07) is 0. The van der Waals surface area contributed by atoms with Gasteiger partial charge in [0.15, 0.2) is 0 Å². The fraction of sp³-hybridized carbons (Fsp3) is 1.00. The van der Waals surface area contributed by atoms with Crippen LogP contribution in [-0.4, -0.2) is 113 Å². The lowest BCUT2D eigenvalue weighted by Gasteiger charge is -2.33. The molecule has 0 aliphatic heterocycles. The maximum Gasteiger partial charge on any atom is 0.104 e. The molecule has 0 radical (unpaired) electrons. The van der Waals surface area contributed by atoms with Gasteiger partial charge >= 0.3 is 0 Å². The smallest absolute Gasteiger partial charge is 0.104 e. The van der Waals surface area contributed by atoms with Gasteiger partial charge in [0, 0.05) is 25.2 Å². The topological polar surface area (TPSA) is 116 Å². The van der Waals surface area contributed by atoms with Gasteiger partial charge in [0.1, 0.15) is 18.3 Å². The molecule has 0 bridgehead atoms. The lowest BCUT2D eigenvalue weighted by atomic mass is 9.88. The van der Waals surface area contributed by atoms with Gasteiger partial charge in [-0.2, -0.15) is 0 Å². The second kappa shape index (κ2) is 45.2. The minimum absolute atomic E-state index is 0.0908. The molecule has 0 saturated heterocycles. The lowest BCUT2D eigenvalue weighted by Crippen LogP contribution is -2.40. The van der Waals surface area contributed by atoms with Gasteiger partial charge in [0.25, 0.3) is 0 Å². The molecule has 0 aliphatic carbocycles. The van der Waals surface area contributed by atoms with E-state index >= 15 is 0 Å². The molecule has 0 amide bonds. The van der Waals surface area contributed by atoms with Gasteiger partial charge in [-0.3, -0.25) is 0 Å². The maximum atomic E-state index is 10.0. The van der Waals surface area contributed by atoms with Gasteiger partial charge in [0.05, 0.1) is 59.5 Å². The number of aliphatic hydroxyl groups excluding tert-OH is 3. The summed E-state index contributed by atoms with van der Waals surface area (Å²) in [5.74, 6) is 0. The Labute approximate surface area is 353 Å². The first kappa shape index (κ1) is 56.6. The summed E-state index contributed by atoms with van der Waals surface area (Å²) < 4.78 is 36.7. The molecule has 3 atom stereocenters. The van der Waals surface area contributed by atoms with Crippen molar-refractivity contribution in [2.45, 2.75) is 226 Å². The molecule has 0 aromatic heterocycles. The SMILES string of the molecule is CCCCCCCCCCCOC(CO)COCC(CC)(COCC(CO)OCCCCCCCCCCC)COC[C@@H](CO)OCCCCCCCCCCC. The van der Waals surface area contributed by atoms with E-state index in [0.29, 0.717) is 39.6 Å². The first-order valence-corrected chi connectivity index (χ1v) is 24.4. The molecule has 57 heavy (non-hydrogen) atoms. The van der Waals surface area contributed by atoms with E-state index in [4.69, 9.17) is 28.4 Å². The molecule has 0 spiro atoms. The minimum atomic E-state index is -0.467. The normalized spacial score (nSPS) is 14.6. The highest BCUT2D eigenvalue weighted by Gasteiger charge is 2.31. The van der Waals surface area contributed by atoms with Crippen molar-refractivity contribution in [3.05, 3.63) is 0 Å². The standard InChI is InChI=1S/C48H98O9/c1-5-9-12-15-18-21-24-27-30-33-55-45(36-49)39-52-42-48(8-4,43-53-40-46(37-50)56-34-31-28-25-22-19-16-13-10-6-2)44-54-41-47(38-51)57-35-32-29-26-23-20-17-14-11-7-3/h45-47,49-51H,5-44H2,1-4H3/t45-,46?,47?,48?/m1/s1. The third-order valence-corrected chi connectivity index (χ3v) is 11.3. The van der Waals surface area contributed by atoms with Crippen molar-refractivity contribution in [3.8, 4) is 0 Å². The summed E-state index contributed by atoms with van der Waals surface area (Å²) in [6.07, 6.45) is 33.5. The van der Waals surface area contributed by atoms with Crippen LogP contribution in [0.4, 0.5) is 0 Å². The fourth-order valence-electron chi connectivity index (χ4n) is 7.10. The molecule has 2 unspecified atom stereocenters. The highest BCUT2D eigenvalue weighted by molar-refractivity contribution is 4.79. The Bertz CT molecular complexity index is 664. The lowest BCUT2D eigenvalue weighted by molar-refractivity contribution is -0.122. The minimum Gasteiger partial charge on any atom is -0.394 e. The maximum absolute atomic E-state index is 10.0. The summed E-state index contributed by atoms with van der Waals surface area (Å²) >= 11 is 0. The van der Waals surface area contributed by atoms with E-state index in [1.54, 1.807) is 0 Å². The van der Waals surface area contributed by atoms with E-state index in [1.807, 2.05) is 0 Å². The summed E-state index contributed by atoms with van der Waals surface area (Å²) in [5.41, 5.74) is -0.467. The van der Waals surface area contributed by atoms with E-state index in [0.717, 1.165) is 44.9 Å². The molecule has 0 rings (SSSR count). The van der Waals surface area contributed by atoms with Crippen LogP contribution in [-0.2, 0) is 28.4 Å². The quantitative estimate of drug-likeness (QED) is 0.0516. The van der Waals surface area contributed by atoms with Crippen molar-refractivity contribution in [2.24, 2.45) is 5.41 Å². The number of hydrogen-bond donors (Lipinski definition) is 3. The number of rotatable bonds is 49. The Kier molecular flexibility index (Phi) is 44.9. The molecule has 0 aromatic carbocycles. The van der Waals surface area contributed by atoms with Gasteiger partial charge in [-0.1, -0.05) is 182 Å². The number of hydrogen-bond acceptors (Lipinski definition) is 9. The van der Waals surface area contributed by atoms with Crippen LogP contribution in [0.5, 0.6) is 0 Å². The Morgan fingerprint density at radius 1 is 0.333 bits per heavy atom. The first-order valence-electron chi connectivity index (χ1n) is 24.4. The van der Waals surface area contributed by atoms with E-state index in [1.165, 1.54) is 135 Å². The van der Waals surface area contributed by atoms with Crippen molar-refractivity contribution in [1.29, 1.82) is 0 Å². The van der Waals surface area contributed by atoms with E-state index in [9.17, 15) is 15.3 Å². The Balaban J connectivity index is 4.86.